The minimum absolute atomic E-state index is 0.0226. The summed E-state index contributed by atoms with van der Waals surface area (Å²) < 4.78 is 5.33. The van der Waals surface area contributed by atoms with E-state index in [0.717, 1.165) is 0 Å². The predicted octanol–water partition coefficient (Wildman–Crippen LogP) is 3.01. The maximum atomic E-state index is 13.1. The van der Waals surface area contributed by atoms with Gasteiger partial charge >= 0.3 is 0 Å². The summed E-state index contributed by atoms with van der Waals surface area (Å²) in [5.41, 5.74) is 1.70. The molecular weight excluding hydrogens is 462 g/mol. The summed E-state index contributed by atoms with van der Waals surface area (Å²) in [6.07, 6.45) is 0. The Morgan fingerprint density at radius 2 is 1.74 bits per heavy atom. The average Bonchev–Trinajstić information content (AvgIpc) is 2.84. The highest BCUT2D eigenvalue weighted by Gasteiger charge is 2.26. The van der Waals surface area contributed by atoms with Crippen LogP contribution in [-0.2, 0) is 9.53 Å². The van der Waals surface area contributed by atoms with Crippen LogP contribution in [0.5, 0.6) is 0 Å². The molecule has 0 atom stereocenters. The first-order valence-corrected chi connectivity index (χ1v) is 11.4. The zero-order chi connectivity index (χ0) is 24.2. The predicted molar refractivity (Wildman–Crippen MR) is 130 cm³/mol. The molecule has 2 aromatic rings. The number of benzene rings is 2. The van der Waals surface area contributed by atoms with Crippen molar-refractivity contribution in [2.24, 2.45) is 0 Å². The van der Waals surface area contributed by atoms with Gasteiger partial charge in [0, 0.05) is 57.8 Å². The maximum Gasteiger partial charge on any atom is 0.293 e. The lowest BCUT2D eigenvalue weighted by Crippen LogP contribution is -2.48. The van der Waals surface area contributed by atoms with Gasteiger partial charge in [0.25, 0.3) is 11.6 Å². The lowest BCUT2D eigenvalue weighted by molar-refractivity contribution is -0.384. The van der Waals surface area contributed by atoms with Crippen LogP contribution in [0.2, 0.25) is 5.02 Å². The molecule has 180 valence electrons. The number of amides is 2. The third-order valence-corrected chi connectivity index (χ3v) is 6.37. The van der Waals surface area contributed by atoms with E-state index in [1.165, 1.54) is 6.07 Å². The summed E-state index contributed by atoms with van der Waals surface area (Å²) in [5, 5.41) is 15.1. The first-order valence-electron chi connectivity index (χ1n) is 11.1. The molecule has 10 nitrogen and oxygen atoms in total. The van der Waals surface area contributed by atoms with Gasteiger partial charge in [0.15, 0.2) is 0 Å². The molecule has 2 amide bonds. The van der Waals surface area contributed by atoms with Gasteiger partial charge < -0.3 is 24.8 Å². The van der Waals surface area contributed by atoms with Crippen LogP contribution >= 0.6 is 11.6 Å². The van der Waals surface area contributed by atoms with Gasteiger partial charge in [0.2, 0.25) is 5.91 Å². The van der Waals surface area contributed by atoms with Crippen LogP contribution in [0.4, 0.5) is 22.7 Å². The van der Waals surface area contributed by atoms with E-state index < -0.39 is 10.8 Å². The number of hydrogen-bond donors (Lipinski definition) is 1. The molecule has 0 radical (unpaired) electrons. The van der Waals surface area contributed by atoms with Crippen molar-refractivity contribution in [1.82, 2.24) is 4.90 Å². The molecule has 2 heterocycles. The standard InChI is InChI=1S/C23H26ClN5O5/c1-16(30)26-7-9-28(10-8-26)22-18(24)3-2-4-19(22)25-23(31)17-5-6-20(21(15-17)29(32)33)27-11-13-34-14-12-27/h2-6,15H,7-14H2,1H3,(H,25,31). The van der Waals surface area contributed by atoms with Crippen molar-refractivity contribution in [3.05, 3.63) is 57.1 Å². The number of carbonyl (C=O) groups excluding carboxylic acids is 2. The fourth-order valence-electron chi connectivity index (χ4n) is 4.26. The van der Waals surface area contributed by atoms with Gasteiger partial charge in [-0.05, 0) is 24.3 Å². The van der Waals surface area contributed by atoms with Crippen LogP contribution in [0, 0.1) is 10.1 Å². The van der Waals surface area contributed by atoms with Gasteiger partial charge in [0.05, 0.1) is 34.5 Å². The number of carbonyl (C=O) groups is 2. The van der Waals surface area contributed by atoms with E-state index in [9.17, 15) is 19.7 Å². The van der Waals surface area contributed by atoms with Crippen LogP contribution in [0.1, 0.15) is 17.3 Å². The number of anilines is 3. The Balaban J connectivity index is 1.56. The summed E-state index contributed by atoms with van der Waals surface area (Å²) >= 11 is 6.49. The Bertz CT molecular complexity index is 1100. The second-order valence-corrected chi connectivity index (χ2v) is 8.55. The molecule has 0 bridgehead atoms. The number of nitro benzene ring substituents is 1. The van der Waals surface area contributed by atoms with E-state index in [0.29, 0.717) is 74.6 Å². The number of ether oxygens (including phenoxy) is 1. The second kappa shape index (κ2) is 10.3. The van der Waals surface area contributed by atoms with Crippen molar-refractivity contribution in [3.8, 4) is 0 Å². The third kappa shape index (κ3) is 5.07. The molecule has 0 aromatic heterocycles. The highest BCUT2D eigenvalue weighted by atomic mass is 35.5. The van der Waals surface area contributed by atoms with Crippen molar-refractivity contribution >= 4 is 46.2 Å². The minimum Gasteiger partial charge on any atom is -0.378 e. The SMILES string of the molecule is CC(=O)N1CCN(c2c(Cl)cccc2NC(=O)c2ccc(N3CCOCC3)c([N+](=O)[O-])c2)CC1. The first kappa shape index (κ1) is 23.8. The summed E-state index contributed by atoms with van der Waals surface area (Å²) in [4.78, 5) is 41.7. The van der Waals surface area contributed by atoms with Crippen LogP contribution in [-0.4, -0.2) is 74.1 Å². The van der Waals surface area contributed by atoms with Crippen LogP contribution < -0.4 is 15.1 Å². The van der Waals surface area contributed by atoms with E-state index in [4.69, 9.17) is 16.3 Å². The number of rotatable bonds is 5. The smallest absolute Gasteiger partial charge is 0.293 e. The molecule has 2 fully saturated rings. The van der Waals surface area contributed by atoms with Gasteiger partial charge in [-0.15, -0.1) is 0 Å². The molecule has 2 saturated heterocycles. The van der Waals surface area contributed by atoms with Crippen LogP contribution in [0.15, 0.2) is 36.4 Å². The number of nitrogens with one attached hydrogen (secondary N) is 1. The van der Waals surface area contributed by atoms with Crippen LogP contribution in [0.25, 0.3) is 0 Å². The lowest BCUT2D eigenvalue weighted by Gasteiger charge is -2.37. The van der Waals surface area contributed by atoms with Gasteiger partial charge in [-0.2, -0.15) is 0 Å². The highest BCUT2D eigenvalue weighted by molar-refractivity contribution is 6.34. The third-order valence-electron chi connectivity index (χ3n) is 6.06. The summed E-state index contributed by atoms with van der Waals surface area (Å²) in [6.45, 7) is 5.91. The molecule has 2 aliphatic rings. The van der Waals surface area contributed by atoms with E-state index in [1.54, 1.807) is 42.2 Å². The normalized spacial score (nSPS) is 16.4. The zero-order valence-corrected chi connectivity index (χ0v) is 19.6. The Morgan fingerprint density at radius 3 is 2.38 bits per heavy atom. The quantitative estimate of drug-likeness (QED) is 0.510. The fourth-order valence-corrected chi connectivity index (χ4v) is 4.55. The van der Waals surface area contributed by atoms with Gasteiger partial charge in [0.1, 0.15) is 5.69 Å². The van der Waals surface area contributed by atoms with Crippen molar-refractivity contribution in [2.75, 3.05) is 67.6 Å². The molecule has 0 spiro atoms. The molecule has 11 heteroatoms. The second-order valence-electron chi connectivity index (χ2n) is 8.14. The summed E-state index contributed by atoms with van der Waals surface area (Å²) in [5.74, 6) is -0.447. The van der Waals surface area contributed by atoms with Gasteiger partial charge in [-0.25, -0.2) is 0 Å². The van der Waals surface area contributed by atoms with Crippen molar-refractivity contribution < 1.29 is 19.2 Å². The monoisotopic (exact) mass is 487 g/mol. The first-order chi connectivity index (χ1) is 16.3. The van der Waals surface area contributed by atoms with Gasteiger partial charge in [-0.1, -0.05) is 17.7 Å². The number of piperazine rings is 1. The Kier molecular flexibility index (Phi) is 7.18. The van der Waals surface area contributed by atoms with E-state index in [1.807, 2.05) is 9.80 Å². The average molecular weight is 488 g/mol. The van der Waals surface area contributed by atoms with Crippen LogP contribution in [0.3, 0.4) is 0 Å². The van der Waals surface area contributed by atoms with Crippen molar-refractivity contribution in [3.63, 3.8) is 0 Å². The molecule has 4 rings (SSSR count). The highest BCUT2D eigenvalue weighted by Crippen LogP contribution is 2.35. The Hall–Kier alpha value is -3.37. The van der Waals surface area contributed by atoms with Crippen molar-refractivity contribution in [1.29, 1.82) is 0 Å². The maximum absolute atomic E-state index is 13.1. The topological polar surface area (TPSA) is 108 Å². The Labute approximate surface area is 202 Å². The number of nitrogens with zero attached hydrogens (tertiary/aromatic N) is 4. The molecule has 2 aliphatic heterocycles. The molecule has 34 heavy (non-hydrogen) atoms. The summed E-state index contributed by atoms with van der Waals surface area (Å²) in [7, 11) is 0. The van der Waals surface area contributed by atoms with E-state index >= 15 is 0 Å². The number of halogens is 1. The molecular formula is C23H26ClN5O5. The molecule has 2 aromatic carbocycles. The molecule has 0 aliphatic carbocycles. The number of para-hydroxylation sites is 1. The lowest BCUT2D eigenvalue weighted by atomic mass is 10.1. The molecule has 1 N–H and O–H groups in total. The molecule has 0 saturated carbocycles. The number of morpholine rings is 1. The van der Waals surface area contributed by atoms with E-state index in [-0.39, 0.29) is 17.2 Å². The Morgan fingerprint density at radius 1 is 1.03 bits per heavy atom. The van der Waals surface area contributed by atoms with Gasteiger partial charge in [-0.3, -0.25) is 19.7 Å². The largest absolute Gasteiger partial charge is 0.378 e. The van der Waals surface area contributed by atoms with Crippen molar-refractivity contribution in [2.45, 2.75) is 6.92 Å². The molecule has 0 unspecified atom stereocenters. The minimum atomic E-state index is -0.471. The fraction of sp³-hybridized carbons (Fsp3) is 0.391. The summed E-state index contributed by atoms with van der Waals surface area (Å²) in [6, 6.07) is 9.72. The number of nitro groups is 1. The van der Waals surface area contributed by atoms with E-state index in [2.05, 4.69) is 5.32 Å². The number of hydrogen-bond acceptors (Lipinski definition) is 7. The zero-order valence-electron chi connectivity index (χ0n) is 18.8.